The quantitative estimate of drug-likeness (QED) is 0.356. The third-order valence-corrected chi connectivity index (χ3v) is 4.58. The van der Waals surface area contributed by atoms with Crippen LogP contribution in [0, 0.1) is 15.9 Å². The lowest BCUT2D eigenvalue weighted by atomic mass is 10.2. The van der Waals surface area contributed by atoms with Crippen LogP contribution in [0.1, 0.15) is 5.56 Å². The van der Waals surface area contributed by atoms with Gasteiger partial charge >= 0.3 is 0 Å². The highest BCUT2D eigenvalue weighted by Gasteiger charge is 2.33. The second kappa shape index (κ2) is 6.50. The highest BCUT2D eigenvalue weighted by Crippen LogP contribution is 2.36. The van der Waals surface area contributed by atoms with Crippen LogP contribution in [0.25, 0.3) is 6.08 Å². The Hall–Kier alpha value is -2.58. The Balaban J connectivity index is 1.88. The molecule has 1 saturated heterocycles. The van der Waals surface area contributed by atoms with Crippen LogP contribution in [-0.2, 0) is 4.79 Å². The van der Waals surface area contributed by atoms with E-state index in [4.69, 9.17) is 12.2 Å². The number of nitro benzene ring substituents is 1. The van der Waals surface area contributed by atoms with Crippen molar-refractivity contribution in [3.05, 3.63) is 74.9 Å². The number of halogens is 1. The van der Waals surface area contributed by atoms with E-state index in [1.54, 1.807) is 18.2 Å². The summed E-state index contributed by atoms with van der Waals surface area (Å²) in [6.07, 6.45) is 1.63. The molecular weight excluding hydrogens is 351 g/mol. The summed E-state index contributed by atoms with van der Waals surface area (Å²) in [5, 5.41) is 10.7. The molecule has 2 aromatic rings. The van der Waals surface area contributed by atoms with E-state index in [0.717, 1.165) is 11.8 Å². The van der Waals surface area contributed by atoms with Gasteiger partial charge in [0.15, 0.2) is 4.32 Å². The van der Waals surface area contributed by atoms with Gasteiger partial charge in [-0.1, -0.05) is 36.1 Å². The topological polar surface area (TPSA) is 63.5 Å². The zero-order valence-corrected chi connectivity index (χ0v) is 13.6. The van der Waals surface area contributed by atoms with Gasteiger partial charge in [-0.2, -0.15) is 0 Å². The van der Waals surface area contributed by atoms with Gasteiger partial charge in [0.2, 0.25) is 0 Å². The van der Waals surface area contributed by atoms with E-state index in [1.165, 1.54) is 41.3 Å². The second-order valence-electron chi connectivity index (χ2n) is 4.84. The zero-order valence-electron chi connectivity index (χ0n) is 12.0. The van der Waals surface area contributed by atoms with Crippen molar-refractivity contribution in [1.29, 1.82) is 0 Å². The van der Waals surface area contributed by atoms with E-state index in [9.17, 15) is 19.3 Å². The molecule has 1 amide bonds. The van der Waals surface area contributed by atoms with Crippen LogP contribution in [0.3, 0.4) is 0 Å². The summed E-state index contributed by atoms with van der Waals surface area (Å²) < 4.78 is 13.3. The fourth-order valence-electron chi connectivity index (χ4n) is 2.12. The molecule has 120 valence electrons. The summed E-state index contributed by atoms with van der Waals surface area (Å²) in [7, 11) is 0. The molecule has 2 aromatic carbocycles. The van der Waals surface area contributed by atoms with Gasteiger partial charge in [0.1, 0.15) is 5.82 Å². The number of thiocarbonyl (C=S) groups is 1. The van der Waals surface area contributed by atoms with Crippen LogP contribution in [-0.4, -0.2) is 15.2 Å². The summed E-state index contributed by atoms with van der Waals surface area (Å²) in [4.78, 5) is 24.5. The van der Waals surface area contributed by atoms with Crippen LogP contribution in [0.15, 0.2) is 53.4 Å². The molecule has 0 aromatic heterocycles. The Morgan fingerprint density at radius 2 is 1.75 bits per heavy atom. The molecule has 1 heterocycles. The molecule has 0 saturated carbocycles. The van der Waals surface area contributed by atoms with Gasteiger partial charge in [-0.05, 0) is 35.9 Å². The SMILES string of the molecule is O=C1/C(=C/c2ccc(F)cc2)SC(=S)N1c1ccc([N+](=O)[O-])cc1. The van der Waals surface area contributed by atoms with Gasteiger partial charge < -0.3 is 0 Å². The number of thioether (sulfide) groups is 1. The van der Waals surface area contributed by atoms with Crippen molar-refractivity contribution >= 4 is 51.7 Å². The number of nitrogens with zero attached hydrogens (tertiary/aromatic N) is 2. The number of non-ortho nitro benzene ring substituents is 1. The van der Waals surface area contributed by atoms with Gasteiger partial charge in [-0.25, -0.2) is 4.39 Å². The third kappa shape index (κ3) is 3.19. The van der Waals surface area contributed by atoms with Crippen molar-refractivity contribution in [1.82, 2.24) is 0 Å². The smallest absolute Gasteiger partial charge is 0.268 e. The Kier molecular flexibility index (Phi) is 4.41. The van der Waals surface area contributed by atoms with E-state index >= 15 is 0 Å². The summed E-state index contributed by atoms with van der Waals surface area (Å²) in [5.74, 6) is -0.672. The average molecular weight is 360 g/mol. The molecule has 1 fully saturated rings. The van der Waals surface area contributed by atoms with Crippen molar-refractivity contribution < 1.29 is 14.1 Å². The molecule has 1 aliphatic heterocycles. The van der Waals surface area contributed by atoms with E-state index in [1.807, 2.05) is 0 Å². The lowest BCUT2D eigenvalue weighted by molar-refractivity contribution is -0.384. The summed E-state index contributed by atoms with van der Waals surface area (Å²) in [6.45, 7) is 0. The molecule has 0 N–H and O–H groups in total. The molecule has 1 aliphatic rings. The lowest BCUT2D eigenvalue weighted by Gasteiger charge is -2.13. The van der Waals surface area contributed by atoms with Crippen molar-refractivity contribution in [3.8, 4) is 0 Å². The predicted octanol–water partition coefficient (Wildman–Crippen LogP) is 4.14. The molecule has 0 spiro atoms. The Bertz CT molecular complexity index is 864. The summed E-state index contributed by atoms with van der Waals surface area (Å²) >= 11 is 6.36. The van der Waals surface area contributed by atoms with Crippen molar-refractivity contribution in [3.63, 3.8) is 0 Å². The fraction of sp³-hybridized carbons (Fsp3) is 0. The normalized spacial score (nSPS) is 16.0. The van der Waals surface area contributed by atoms with E-state index in [2.05, 4.69) is 0 Å². The number of carbonyl (C=O) groups is 1. The molecule has 8 heteroatoms. The molecule has 0 atom stereocenters. The van der Waals surface area contributed by atoms with Gasteiger partial charge in [0.25, 0.3) is 11.6 Å². The molecule has 0 bridgehead atoms. The highest BCUT2D eigenvalue weighted by atomic mass is 32.2. The number of amides is 1. The fourth-order valence-corrected chi connectivity index (χ4v) is 3.42. The van der Waals surface area contributed by atoms with E-state index in [0.29, 0.717) is 20.5 Å². The van der Waals surface area contributed by atoms with Crippen LogP contribution in [0.2, 0.25) is 0 Å². The minimum atomic E-state index is -0.511. The van der Waals surface area contributed by atoms with Gasteiger partial charge in [-0.15, -0.1) is 0 Å². The number of carbonyl (C=O) groups excluding carboxylic acids is 1. The van der Waals surface area contributed by atoms with Crippen molar-refractivity contribution in [2.45, 2.75) is 0 Å². The molecule has 24 heavy (non-hydrogen) atoms. The van der Waals surface area contributed by atoms with Crippen LogP contribution >= 0.6 is 24.0 Å². The van der Waals surface area contributed by atoms with Crippen molar-refractivity contribution in [2.75, 3.05) is 4.90 Å². The Morgan fingerprint density at radius 1 is 1.12 bits per heavy atom. The number of anilines is 1. The minimum Gasteiger partial charge on any atom is -0.268 e. The van der Waals surface area contributed by atoms with Crippen LogP contribution in [0.5, 0.6) is 0 Å². The first-order valence-electron chi connectivity index (χ1n) is 6.74. The monoisotopic (exact) mass is 360 g/mol. The molecule has 0 aliphatic carbocycles. The van der Waals surface area contributed by atoms with Gasteiger partial charge in [0.05, 0.1) is 15.5 Å². The highest BCUT2D eigenvalue weighted by molar-refractivity contribution is 8.27. The number of benzene rings is 2. The molecule has 5 nitrogen and oxygen atoms in total. The first-order valence-corrected chi connectivity index (χ1v) is 7.96. The van der Waals surface area contributed by atoms with E-state index in [-0.39, 0.29) is 17.4 Å². The molecule has 0 unspecified atom stereocenters. The number of hydrogen-bond donors (Lipinski definition) is 0. The van der Waals surface area contributed by atoms with Crippen LogP contribution < -0.4 is 4.90 Å². The number of nitro groups is 1. The zero-order chi connectivity index (χ0) is 17.3. The van der Waals surface area contributed by atoms with Gasteiger partial charge in [0, 0.05) is 12.1 Å². The first-order chi connectivity index (χ1) is 11.5. The molecular formula is C16H9FN2O3S2. The standard InChI is InChI=1S/C16H9FN2O3S2/c17-11-3-1-10(2-4-11)9-14-15(20)18(16(23)24-14)12-5-7-13(8-6-12)19(21)22/h1-9H/b14-9-. The number of hydrogen-bond acceptors (Lipinski definition) is 5. The maximum absolute atomic E-state index is 12.9. The largest absolute Gasteiger partial charge is 0.270 e. The Morgan fingerprint density at radius 3 is 2.33 bits per heavy atom. The number of rotatable bonds is 3. The summed E-state index contributed by atoms with van der Waals surface area (Å²) in [5.41, 5.74) is 1.08. The Labute approximate surface area is 145 Å². The van der Waals surface area contributed by atoms with Crippen LogP contribution in [0.4, 0.5) is 15.8 Å². The summed E-state index contributed by atoms with van der Waals surface area (Å²) in [6, 6.07) is 11.3. The third-order valence-electron chi connectivity index (χ3n) is 3.28. The maximum Gasteiger partial charge on any atom is 0.270 e. The predicted molar refractivity (Wildman–Crippen MR) is 95.1 cm³/mol. The van der Waals surface area contributed by atoms with E-state index < -0.39 is 4.92 Å². The second-order valence-corrected chi connectivity index (χ2v) is 6.52. The first kappa shape index (κ1) is 16.3. The van der Waals surface area contributed by atoms with Gasteiger partial charge in [-0.3, -0.25) is 19.8 Å². The molecule has 3 rings (SSSR count). The lowest BCUT2D eigenvalue weighted by Crippen LogP contribution is -2.27. The molecule has 0 radical (unpaired) electrons. The maximum atomic E-state index is 12.9. The van der Waals surface area contributed by atoms with Crippen molar-refractivity contribution in [2.24, 2.45) is 0 Å². The minimum absolute atomic E-state index is 0.0638. The average Bonchev–Trinajstić information content (AvgIpc) is 2.83.